The molecule has 26 heavy (non-hydrogen) atoms. The Bertz CT molecular complexity index is 842. The number of amides is 1. The van der Waals surface area contributed by atoms with Gasteiger partial charge in [0.2, 0.25) is 5.78 Å². The smallest absolute Gasteiger partial charge is 0.309 e. The number of ether oxygens (including phenoxy) is 1. The summed E-state index contributed by atoms with van der Waals surface area (Å²) >= 11 is 0. The summed E-state index contributed by atoms with van der Waals surface area (Å²) in [6, 6.07) is 1.80. The molecule has 2 aromatic heterocycles. The Hall–Kier alpha value is -2.70. The van der Waals surface area contributed by atoms with Crippen molar-refractivity contribution in [2.75, 3.05) is 19.7 Å². The first-order chi connectivity index (χ1) is 12.6. The van der Waals surface area contributed by atoms with Gasteiger partial charge in [-0.15, -0.1) is 0 Å². The second kappa shape index (κ2) is 6.55. The third kappa shape index (κ3) is 2.77. The standard InChI is InChI=1S/C19H22N4O3/c1-3-26-18(25)16-12(2)5-6-13-9-23(10-14(13)16)17(24)15-11-22-8-4-7-20-19(22)21-15/h4-8,11-14,16H,3,9-10H2,1-2H3/t12-,13-,14-,16-/m0/s1. The number of fused-ring (bicyclic) bond motifs is 2. The van der Waals surface area contributed by atoms with Gasteiger partial charge < -0.3 is 9.64 Å². The largest absolute Gasteiger partial charge is 0.466 e. The zero-order valence-corrected chi connectivity index (χ0v) is 14.9. The molecule has 1 amide bonds. The lowest BCUT2D eigenvalue weighted by Crippen LogP contribution is -2.37. The lowest BCUT2D eigenvalue weighted by Gasteiger charge is -2.31. The molecular formula is C19H22N4O3. The van der Waals surface area contributed by atoms with Gasteiger partial charge in [0.05, 0.1) is 12.5 Å². The molecule has 0 saturated carbocycles. The van der Waals surface area contributed by atoms with E-state index in [4.69, 9.17) is 4.74 Å². The molecule has 0 N–H and O–H groups in total. The van der Waals surface area contributed by atoms with Crippen LogP contribution < -0.4 is 0 Å². The maximum Gasteiger partial charge on any atom is 0.309 e. The summed E-state index contributed by atoms with van der Waals surface area (Å²) in [6.45, 7) is 5.38. The molecule has 7 nitrogen and oxygen atoms in total. The van der Waals surface area contributed by atoms with Crippen molar-refractivity contribution in [3.8, 4) is 0 Å². The quantitative estimate of drug-likeness (QED) is 0.620. The number of esters is 1. The molecule has 0 aromatic carbocycles. The van der Waals surface area contributed by atoms with Crippen molar-refractivity contribution in [3.63, 3.8) is 0 Å². The Morgan fingerprint density at radius 2 is 2.15 bits per heavy atom. The molecular weight excluding hydrogens is 332 g/mol. The molecule has 4 rings (SSSR count). The van der Waals surface area contributed by atoms with E-state index in [-0.39, 0.29) is 35.5 Å². The number of likely N-dealkylation sites (tertiary alicyclic amines) is 1. The van der Waals surface area contributed by atoms with E-state index < -0.39 is 0 Å². The van der Waals surface area contributed by atoms with Gasteiger partial charge >= 0.3 is 5.97 Å². The predicted molar refractivity (Wildman–Crippen MR) is 94.3 cm³/mol. The monoisotopic (exact) mass is 354 g/mol. The van der Waals surface area contributed by atoms with Crippen molar-refractivity contribution >= 4 is 17.7 Å². The molecule has 4 atom stereocenters. The van der Waals surface area contributed by atoms with Gasteiger partial charge in [0, 0.05) is 31.7 Å². The van der Waals surface area contributed by atoms with Crippen LogP contribution >= 0.6 is 0 Å². The van der Waals surface area contributed by atoms with E-state index in [0.717, 1.165) is 0 Å². The van der Waals surface area contributed by atoms with Crippen LogP contribution in [0.1, 0.15) is 24.3 Å². The molecule has 1 fully saturated rings. The third-order valence-corrected chi connectivity index (χ3v) is 5.40. The number of allylic oxidation sites excluding steroid dienone is 1. The average molecular weight is 354 g/mol. The number of hydrogen-bond donors (Lipinski definition) is 0. The molecule has 0 unspecified atom stereocenters. The number of rotatable bonds is 3. The maximum absolute atomic E-state index is 12.9. The molecule has 136 valence electrons. The molecule has 1 aliphatic carbocycles. The number of hydrogen-bond acceptors (Lipinski definition) is 5. The highest BCUT2D eigenvalue weighted by atomic mass is 16.5. The zero-order valence-electron chi connectivity index (χ0n) is 14.9. The van der Waals surface area contributed by atoms with E-state index in [1.807, 2.05) is 20.0 Å². The first-order valence-electron chi connectivity index (χ1n) is 9.02. The minimum atomic E-state index is -0.203. The van der Waals surface area contributed by atoms with Crippen LogP contribution in [0.5, 0.6) is 0 Å². The number of imidazole rings is 1. The van der Waals surface area contributed by atoms with Crippen molar-refractivity contribution < 1.29 is 14.3 Å². The lowest BCUT2D eigenvalue weighted by molar-refractivity contribution is -0.152. The summed E-state index contributed by atoms with van der Waals surface area (Å²) in [5.41, 5.74) is 0.382. The molecule has 7 heteroatoms. The average Bonchev–Trinajstić information content (AvgIpc) is 3.25. The normalized spacial score (nSPS) is 27.5. The molecule has 0 spiro atoms. The zero-order chi connectivity index (χ0) is 18.3. The molecule has 0 bridgehead atoms. The predicted octanol–water partition coefficient (Wildman–Crippen LogP) is 1.80. The van der Waals surface area contributed by atoms with Gasteiger partial charge in [0.15, 0.2) is 0 Å². The minimum absolute atomic E-state index is 0.0909. The summed E-state index contributed by atoms with van der Waals surface area (Å²) < 4.78 is 7.02. The number of aromatic nitrogens is 3. The van der Waals surface area contributed by atoms with Crippen molar-refractivity contribution in [1.29, 1.82) is 0 Å². The number of carbonyl (C=O) groups excluding carboxylic acids is 2. The van der Waals surface area contributed by atoms with Crippen LogP contribution in [0.3, 0.4) is 0 Å². The fourth-order valence-corrected chi connectivity index (χ4v) is 4.15. The topological polar surface area (TPSA) is 76.8 Å². The fraction of sp³-hybridized carbons (Fsp3) is 0.474. The molecule has 2 aromatic rings. The van der Waals surface area contributed by atoms with E-state index in [2.05, 4.69) is 22.1 Å². The van der Waals surface area contributed by atoms with Gasteiger partial charge in [0.25, 0.3) is 5.91 Å². The maximum atomic E-state index is 12.9. The number of carbonyl (C=O) groups is 2. The minimum Gasteiger partial charge on any atom is -0.466 e. The first-order valence-corrected chi connectivity index (χ1v) is 9.02. The van der Waals surface area contributed by atoms with Crippen molar-refractivity contribution in [1.82, 2.24) is 19.3 Å². The third-order valence-electron chi connectivity index (χ3n) is 5.40. The van der Waals surface area contributed by atoms with E-state index in [0.29, 0.717) is 31.2 Å². The van der Waals surface area contributed by atoms with Crippen LogP contribution in [0.4, 0.5) is 0 Å². The van der Waals surface area contributed by atoms with E-state index in [1.54, 1.807) is 27.8 Å². The van der Waals surface area contributed by atoms with Gasteiger partial charge in [0.1, 0.15) is 5.69 Å². The Balaban J connectivity index is 1.56. The molecule has 3 heterocycles. The summed E-state index contributed by atoms with van der Waals surface area (Å²) in [7, 11) is 0. The molecule has 0 radical (unpaired) electrons. The second-order valence-corrected chi connectivity index (χ2v) is 7.01. The van der Waals surface area contributed by atoms with E-state index >= 15 is 0 Å². The lowest BCUT2D eigenvalue weighted by atomic mass is 9.72. The van der Waals surface area contributed by atoms with Crippen LogP contribution in [0.25, 0.3) is 5.78 Å². The summed E-state index contributed by atoms with van der Waals surface area (Å²) in [5.74, 6) is 0.410. The van der Waals surface area contributed by atoms with Crippen LogP contribution in [0.15, 0.2) is 36.8 Å². The Labute approximate surface area is 151 Å². The number of nitrogens with zero attached hydrogens (tertiary/aromatic N) is 4. The highest BCUT2D eigenvalue weighted by Crippen LogP contribution is 2.40. The Kier molecular flexibility index (Phi) is 4.22. The summed E-state index contributed by atoms with van der Waals surface area (Å²) in [4.78, 5) is 35.6. The van der Waals surface area contributed by atoms with Gasteiger partial charge in [-0.1, -0.05) is 19.1 Å². The summed E-state index contributed by atoms with van der Waals surface area (Å²) in [6.07, 6.45) is 9.39. The van der Waals surface area contributed by atoms with Crippen molar-refractivity contribution in [2.24, 2.45) is 23.7 Å². The molecule has 1 saturated heterocycles. The van der Waals surface area contributed by atoms with Gasteiger partial charge in [-0.2, -0.15) is 0 Å². The molecule has 1 aliphatic heterocycles. The second-order valence-electron chi connectivity index (χ2n) is 7.01. The molecule has 2 aliphatic rings. The summed E-state index contributed by atoms with van der Waals surface area (Å²) in [5, 5.41) is 0. The van der Waals surface area contributed by atoms with Gasteiger partial charge in [-0.25, -0.2) is 9.97 Å². The highest BCUT2D eigenvalue weighted by molar-refractivity contribution is 5.93. The van der Waals surface area contributed by atoms with Gasteiger partial charge in [-0.3, -0.25) is 14.0 Å². The van der Waals surface area contributed by atoms with Gasteiger partial charge in [-0.05, 0) is 30.7 Å². The Morgan fingerprint density at radius 3 is 2.92 bits per heavy atom. The SMILES string of the molecule is CCOC(=O)[C@@H]1[C@H]2CN(C(=O)c3cn4cccnc4n3)C[C@@H]2C=C[C@@H]1C. The van der Waals surface area contributed by atoms with Crippen LogP contribution in [0.2, 0.25) is 0 Å². The highest BCUT2D eigenvalue weighted by Gasteiger charge is 2.46. The van der Waals surface area contributed by atoms with Crippen molar-refractivity contribution in [3.05, 3.63) is 42.5 Å². The van der Waals surface area contributed by atoms with Crippen LogP contribution in [-0.2, 0) is 9.53 Å². The Morgan fingerprint density at radius 1 is 1.31 bits per heavy atom. The van der Waals surface area contributed by atoms with Crippen LogP contribution in [0, 0.1) is 23.7 Å². The fourth-order valence-electron chi connectivity index (χ4n) is 4.15. The first kappa shape index (κ1) is 16.8. The van der Waals surface area contributed by atoms with Crippen molar-refractivity contribution in [2.45, 2.75) is 13.8 Å². The van der Waals surface area contributed by atoms with E-state index in [1.165, 1.54) is 0 Å². The van der Waals surface area contributed by atoms with Crippen LogP contribution in [-0.4, -0.2) is 50.8 Å². The van der Waals surface area contributed by atoms with E-state index in [9.17, 15) is 9.59 Å².